The molecule has 0 spiro atoms. The maximum atomic E-state index is 12.6. The number of rotatable bonds is 15. The second-order valence-electron chi connectivity index (χ2n) is 10.6. The second kappa shape index (κ2) is 13.8. The van der Waals surface area contributed by atoms with Gasteiger partial charge in [-0.3, -0.25) is 19.2 Å². The number of thiophene rings is 1. The van der Waals surface area contributed by atoms with Gasteiger partial charge in [-0.05, 0) is 46.8 Å². The lowest BCUT2D eigenvalue weighted by atomic mass is 10.0. The minimum absolute atomic E-state index is 0.0518. The van der Waals surface area contributed by atoms with E-state index in [1.807, 2.05) is 24.3 Å². The molecule has 3 aromatic rings. The lowest BCUT2D eigenvalue weighted by Crippen LogP contribution is -2.28. The van der Waals surface area contributed by atoms with Crippen LogP contribution in [-0.4, -0.2) is 66.1 Å². The van der Waals surface area contributed by atoms with Crippen LogP contribution >= 0.6 is 11.3 Å². The molecule has 0 fully saturated rings. The molecule has 2 heterocycles. The zero-order valence-electron chi connectivity index (χ0n) is 24.6. The number of carbonyl (C=O) groups excluding carboxylic acids is 2. The zero-order chi connectivity index (χ0) is 31.3. The SMILES string of the molecule is CNc1cc2sc(C(=O)C[C@H](C)C(=O)O)cc2cc1OCCCOc1cc2c(cc1OC)CN(C(=O)C[C@H](C)C(=O)O)C2. The van der Waals surface area contributed by atoms with Gasteiger partial charge in [0.05, 0.1) is 42.7 Å². The Morgan fingerprint density at radius 1 is 0.884 bits per heavy atom. The number of benzene rings is 2. The molecule has 2 atom stereocenters. The number of ether oxygens (including phenoxy) is 3. The van der Waals surface area contributed by atoms with Crippen molar-refractivity contribution in [3.8, 4) is 17.2 Å². The maximum Gasteiger partial charge on any atom is 0.306 e. The summed E-state index contributed by atoms with van der Waals surface area (Å²) >= 11 is 1.33. The number of nitrogens with one attached hydrogen (secondary N) is 1. The number of ketones is 1. The molecule has 0 saturated heterocycles. The van der Waals surface area contributed by atoms with Crippen molar-refractivity contribution < 1.29 is 43.6 Å². The van der Waals surface area contributed by atoms with Gasteiger partial charge in [0.15, 0.2) is 17.3 Å². The van der Waals surface area contributed by atoms with Crippen LogP contribution in [0.3, 0.4) is 0 Å². The number of carbonyl (C=O) groups is 4. The average molecular weight is 613 g/mol. The fraction of sp³-hybridized carbons (Fsp3) is 0.419. The Labute approximate surface area is 253 Å². The van der Waals surface area contributed by atoms with Crippen LogP contribution in [-0.2, 0) is 27.5 Å². The Bertz CT molecular complexity index is 1530. The minimum atomic E-state index is -0.996. The lowest BCUT2D eigenvalue weighted by Gasteiger charge is -2.16. The number of anilines is 1. The Balaban J connectivity index is 1.34. The molecule has 1 aliphatic rings. The van der Waals surface area contributed by atoms with Crippen LogP contribution in [0.15, 0.2) is 30.3 Å². The molecule has 0 unspecified atom stereocenters. The molecule has 0 aliphatic carbocycles. The zero-order valence-corrected chi connectivity index (χ0v) is 25.4. The van der Waals surface area contributed by atoms with Gasteiger partial charge in [-0.1, -0.05) is 13.8 Å². The molecule has 1 amide bonds. The molecule has 4 rings (SSSR count). The minimum Gasteiger partial charge on any atom is -0.493 e. The highest BCUT2D eigenvalue weighted by molar-refractivity contribution is 7.20. The van der Waals surface area contributed by atoms with Crippen molar-refractivity contribution in [1.29, 1.82) is 0 Å². The lowest BCUT2D eigenvalue weighted by molar-refractivity contribution is -0.145. The largest absolute Gasteiger partial charge is 0.493 e. The maximum absolute atomic E-state index is 12.6. The number of nitrogens with zero attached hydrogens (tertiary/aromatic N) is 1. The van der Waals surface area contributed by atoms with E-state index in [9.17, 15) is 19.2 Å². The molecular formula is C31H36N2O9S. The third-order valence-electron chi connectivity index (χ3n) is 7.34. The molecule has 230 valence electrons. The van der Waals surface area contributed by atoms with Crippen molar-refractivity contribution in [1.82, 2.24) is 4.90 Å². The summed E-state index contributed by atoms with van der Waals surface area (Å²) in [6.07, 6.45) is 0.463. The van der Waals surface area contributed by atoms with Crippen molar-refractivity contribution >= 4 is 50.7 Å². The Kier molecular flexibility index (Phi) is 10.1. The van der Waals surface area contributed by atoms with Crippen molar-refractivity contribution in [2.75, 3.05) is 32.7 Å². The number of Topliss-reactive ketones (excluding diaryl/α,β-unsaturated/α-hetero) is 1. The number of hydrogen-bond acceptors (Lipinski definition) is 9. The topological polar surface area (TPSA) is 152 Å². The van der Waals surface area contributed by atoms with Gasteiger partial charge < -0.3 is 34.6 Å². The van der Waals surface area contributed by atoms with Crippen molar-refractivity contribution in [3.63, 3.8) is 0 Å². The van der Waals surface area contributed by atoms with Crippen LogP contribution in [0.1, 0.15) is 53.9 Å². The Morgan fingerprint density at radius 3 is 2.09 bits per heavy atom. The highest BCUT2D eigenvalue weighted by atomic mass is 32.1. The normalized spacial score (nSPS) is 13.7. The molecule has 0 saturated carbocycles. The van der Waals surface area contributed by atoms with E-state index >= 15 is 0 Å². The molecule has 0 bridgehead atoms. The van der Waals surface area contributed by atoms with Crippen LogP contribution < -0.4 is 19.5 Å². The van der Waals surface area contributed by atoms with Gasteiger partial charge >= 0.3 is 11.9 Å². The van der Waals surface area contributed by atoms with E-state index in [1.165, 1.54) is 25.2 Å². The van der Waals surface area contributed by atoms with E-state index in [1.54, 1.807) is 25.1 Å². The number of aliphatic carboxylic acids is 2. The summed E-state index contributed by atoms with van der Waals surface area (Å²) in [6, 6.07) is 9.26. The molecule has 1 aromatic heterocycles. The number of hydrogen-bond donors (Lipinski definition) is 3. The molecule has 2 aromatic carbocycles. The first kappa shape index (κ1) is 31.6. The van der Waals surface area contributed by atoms with Crippen LogP contribution in [0.25, 0.3) is 10.1 Å². The van der Waals surface area contributed by atoms with Gasteiger partial charge in [0.1, 0.15) is 5.75 Å². The van der Waals surface area contributed by atoms with Gasteiger partial charge in [-0.15, -0.1) is 11.3 Å². The number of amides is 1. The fourth-order valence-corrected chi connectivity index (χ4v) is 5.77. The third kappa shape index (κ3) is 7.56. The first-order chi connectivity index (χ1) is 20.5. The summed E-state index contributed by atoms with van der Waals surface area (Å²) in [5, 5.41) is 22.2. The second-order valence-corrected chi connectivity index (χ2v) is 11.7. The molecule has 3 N–H and O–H groups in total. The number of fused-ring (bicyclic) bond motifs is 2. The number of carboxylic acid groups (broad SMARTS) is 2. The fourth-order valence-electron chi connectivity index (χ4n) is 4.74. The highest BCUT2D eigenvalue weighted by Gasteiger charge is 2.28. The smallest absolute Gasteiger partial charge is 0.306 e. The molecule has 12 heteroatoms. The summed E-state index contributed by atoms with van der Waals surface area (Å²) in [5.74, 6) is -2.16. The summed E-state index contributed by atoms with van der Waals surface area (Å²) in [7, 11) is 3.34. The quantitative estimate of drug-likeness (QED) is 0.157. The van der Waals surface area contributed by atoms with Gasteiger partial charge in [0, 0.05) is 44.1 Å². The van der Waals surface area contributed by atoms with E-state index in [2.05, 4.69) is 5.32 Å². The first-order valence-corrected chi connectivity index (χ1v) is 14.8. The highest BCUT2D eigenvalue weighted by Crippen LogP contribution is 2.37. The molecular weight excluding hydrogens is 576 g/mol. The first-order valence-electron chi connectivity index (χ1n) is 14.0. The molecule has 0 radical (unpaired) electrons. The third-order valence-corrected chi connectivity index (χ3v) is 8.48. The van der Waals surface area contributed by atoms with E-state index in [4.69, 9.17) is 24.4 Å². The van der Waals surface area contributed by atoms with E-state index in [-0.39, 0.29) is 24.5 Å². The number of carboxylic acids is 2. The van der Waals surface area contributed by atoms with Gasteiger partial charge in [-0.25, -0.2) is 0 Å². The van der Waals surface area contributed by atoms with Crippen LogP contribution in [0, 0.1) is 11.8 Å². The summed E-state index contributed by atoms with van der Waals surface area (Å²) in [5.41, 5.74) is 2.64. The monoisotopic (exact) mass is 612 g/mol. The van der Waals surface area contributed by atoms with Crippen LogP contribution in [0.2, 0.25) is 0 Å². The molecule has 1 aliphatic heterocycles. The Hall–Kier alpha value is -4.32. The summed E-state index contributed by atoms with van der Waals surface area (Å²) in [4.78, 5) is 49.6. The predicted molar refractivity (Wildman–Crippen MR) is 161 cm³/mol. The van der Waals surface area contributed by atoms with Gasteiger partial charge in [0.25, 0.3) is 0 Å². The molecule has 43 heavy (non-hydrogen) atoms. The standard InChI is InChI=1S/C31H36N2O9S/c1-17(30(36)37)8-23(34)28-13-19-10-24(22(32-3)14-27(19)43-28)41-6-5-7-42-26-12-21-16-33(15-20(21)11-25(26)40-4)29(35)9-18(2)31(38)39/h10-14,17-18,32H,5-9,15-16H2,1-4H3,(H,36,37)(H,38,39)/t17-,18-/m0/s1. The van der Waals surface area contributed by atoms with Crippen molar-refractivity contribution in [2.24, 2.45) is 11.8 Å². The average Bonchev–Trinajstić information content (AvgIpc) is 3.59. The van der Waals surface area contributed by atoms with Crippen LogP contribution in [0.5, 0.6) is 17.2 Å². The van der Waals surface area contributed by atoms with Gasteiger partial charge in [0.2, 0.25) is 5.91 Å². The summed E-state index contributed by atoms with van der Waals surface area (Å²) in [6.45, 7) is 4.53. The van der Waals surface area contributed by atoms with E-state index in [0.717, 1.165) is 26.9 Å². The van der Waals surface area contributed by atoms with Crippen molar-refractivity contribution in [3.05, 3.63) is 46.3 Å². The van der Waals surface area contributed by atoms with Gasteiger partial charge in [-0.2, -0.15) is 0 Å². The van der Waals surface area contributed by atoms with Crippen LogP contribution in [0.4, 0.5) is 5.69 Å². The van der Waals surface area contributed by atoms with E-state index in [0.29, 0.717) is 54.8 Å². The Morgan fingerprint density at radius 2 is 1.49 bits per heavy atom. The van der Waals surface area contributed by atoms with Crippen molar-refractivity contribution in [2.45, 2.75) is 46.2 Å². The van der Waals surface area contributed by atoms with E-state index < -0.39 is 23.8 Å². The predicted octanol–water partition coefficient (Wildman–Crippen LogP) is 5.05. The number of methoxy groups -OCH3 is 1. The molecule has 11 nitrogen and oxygen atoms in total. The summed E-state index contributed by atoms with van der Waals surface area (Å²) < 4.78 is 18.5.